The summed E-state index contributed by atoms with van der Waals surface area (Å²) in [5.74, 6) is -8.74. The fraction of sp³-hybridized carbons (Fsp3) is 0.286. The Morgan fingerprint density at radius 2 is 0.185 bits per heavy atom. The van der Waals surface area contributed by atoms with Crippen LogP contribution in [0.3, 0.4) is 0 Å². The van der Waals surface area contributed by atoms with Crippen LogP contribution in [0.1, 0.15) is 0 Å². The molecule has 0 fully saturated rings. The first-order valence-electron chi connectivity index (χ1n) is 17.3. The molecule has 60 nitrogen and oxygen atoms in total. The standard InChI is InChI=1S/8C2H5NO2.12CH2O3.4Na/c8*3-1-2(4)5;12*2-1(3)4;;;;/h8*1,3H2,(H,4,5);12*(H2,2,3,4);;;;/q;;;;;;;;;;;;;;;;;;;;4*+1/p-4. The maximum atomic E-state index is 9.24. The van der Waals surface area contributed by atoms with Gasteiger partial charge >= 0.3 is 216 Å². The zero-order chi connectivity index (χ0) is 77.2. The summed E-state index contributed by atoms with van der Waals surface area (Å²) >= 11 is 0. The number of hydrogen-bond acceptors (Lipinski definition) is 32. The van der Waals surface area contributed by atoms with Crippen molar-refractivity contribution in [2.45, 2.75) is 0 Å². The van der Waals surface area contributed by atoms with Gasteiger partial charge in [0.15, 0.2) is 0 Å². The molecule has 0 heterocycles. The maximum absolute atomic E-state index is 9.24. The average molecular weight is 1430 g/mol. The molecule has 0 aromatic rings. The molecule has 0 atom stereocenters. The van der Waals surface area contributed by atoms with Crippen LogP contribution in [0, 0.1) is 0 Å². The van der Waals surface area contributed by atoms with Gasteiger partial charge in [0.25, 0.3) is 0 Å². The zero-order valence-corrected chi connectivity index (χ0v) is 54.6. The van der Waals surface area contributed by atoms with E-state index in [1.165, 1.54) is 0 Å². The molecular formula is C28H60N8Na4O52. The van der Waals surface area contributed by atoms with E-state index in [1.807, 2.05) is 0 Å². The Morgan fingerprint density at radius 3 is 0.185 bits per heavy atom. The van der Waals surface area contributed by atoms with Crippen molar-refractivity contribution < 1.29 is 378 Å². The Morgan fingerprint density at radius 1 is 0.163 bits per heavy atom. The van der Waals surface area contributed by atoms with Gasteiger partial charge < -0.3 is 228 Å². The van der Waals surface area contributed by atoms with Gasteiger partial charge in [-0.05, 0) is 0 Å². The van der Waals surface area contributed by atoms with Crippen LogP contribution in [0.25, 0.3) is 0 Å². The molecule has 0 saturated carbocycles. The quantitative estimate of drug-likeness (QED) is 0.100. The normalized spacial score (nSPS) is 6.35. The fourth-order valence-electron chi connectivity index (χ4n) is 0. The minimum Gasteiger partial charge on any atom is -0.549 e. The molecule has 0 saturated heterocycles. The van der Waals surface area contributed by atoms with Gasteiger partial charge in [0.05, 0.1) is 50.1 Å². The van der Waals surface area contributed by atoms with Crippen molar-refractivity contribution in [3.8, 4) is 0 Å². The van der Waals surface area contributed by atoms with Gasteiger partial charge in [-0.15, -0.1) is 0 Å². The predicted octanol–water partition coefficient (Wildman–Crippen LogP) is -22.4. The second kappa shape index (κ2) is 154. The summed E-state index contributed by atoms with van der Waals surface area (Å²) in [5, 5.41) is 234. The molecular weight excluding hydrogens is 1370 g/mol. The van der Waals surface area contributed by atoms with E-state index in [9.17, 15) is 19.2 Å². The first-order valence-corrected chi connectivity index (χ1v) is 17.3. The van der Waals surface area contributed by atoms with Crippen molar-refractivity contribution in [1.29, 1.82) is 0 Å². The van der Waals surface area contributed by atoms with Gasteiger partial charge in [-0.25, -0.2) is 57.5 Å². The minimum absolute atomic E-state index is 0. The summed E-state index contributed by atoms with van der Waals surface area (Å²) in [6.07, 6.45) is -22.0. The van der Waals surface area contributed by atoms with Gasteiger partial charge in [0, 0.05) is 26.2 Å². The van der Waals surface area contributed by atoms with Crippen LogP contribution in [-0.2, 0) is 38.4 Å². The largest absolute Gasteiger partial charge is 1.00 e. The molecule has 0 aliphatic heterocycles. The summed E-state index contributed by atoms with van der Waals surface area (Å²) in [6.45, 7) is -2.67. The van der Waals surface area contributed by atoms with Crippen LogP contribution in [0.4, 0.5) is 57.5 Å². The van der Waals surface area contributed by atoms with Crippen molar-refractivity contribution in [3.63, 3.8) is 0 Å². The fourth-order valence-corrected chi connectivity index (χ4v) is 0. The van der Waals surface area contributed by atoms with Crippen LogP contribution in [0.15, 0.2) is 0 Å². The molecule has 64 heteroatoms. The van der Waals surface area contributed by atoms with Crippen molar-refractivity contribution >= 4 is 122 Å². The first-order chi connectivity index (χ1) is 38.9. The second-order valence-corrected chi connectivity index (χ2v) is 8.09. The molecule has 528 valence electrons. The zero-order valence-electron chi connectivity index (χ0n) is 46.6. The molecule has 0 radical (unpaired) electrons. The number of rotatable bonds is 8. The van der Waals surface area contributed by atoms with Crippen LogP contribution in [-0.4, -0.2) is 317 Å². The van der Waals surface area contributed by atoms with Gasteiger partial charge in [0.2, 0.25) is 0 Å². The predicted molar refractivity (Wildman–Crippen MR) is 251 cm³/mol. The number of carbonyl (C=O) groups is 20. The molecule has 92 heavy (non-hydrogen) atoms. The van der Waals surface area contributed by atoms with Crippen LogP contribution in [0.2, 0.25) is 0 Å². The third-order valence-corrected chi connectivity index (χ3v) is 1.37. The Kier molecular flexibility index (Phi) is 269. The molecule has 44 N–H and O–H groups in total. The third-order valence-electron chi connectivity index (χ3n) is 1.37. The summed E-state index contributed by atoms with van der Waals surface area (Å²) in [4.78, 5) is 176. The van der Waals surface area contributed by atoms with E-state index in [2.05, 4.69) is 45.9 Å². The van der Waals surface area contributed by atoms with Crippen molar-refractivity contribution in [1.82, 2.24) is 0 Å². The number of carbonyl (C=O) groups excluding carboxylic acids is 4. The maximum Gasteiger partial charge on any atom is 1.00 e. The van der Waals surface area contributed by atoms with Crippen LogP contribution in [0.5, 0.6) is 0 Å². The van der Waals surface area contributed by atoms with Crippen molar-refractivity contribution in [2.24, 2.45) is 45.9 Å². The van der Waals surface area contributed by atoms with E-state index in [0.717, 1.165) is 0 Å². The van der Waals surface area contributed by atoms with Gasteiger partial charge in [-0.2, -0.15) is 0 Å². The van der Waals surface area contributed by atoms with Gasteiger partial charge in [0.1, 0.15) is 0 Å². The number of nitrogens with two attached hydrogens (primary N) is 8. The summed E-state index contributed by atoms with van der Waals surface area (Å²) in [6, 6.07) is 0. The SMILES string of the molecule is NCC(=O)O.NCC(=O)O.NCC(=O)O.NCC(=O)O.NCC(=O)[O-].NCC(=O)[O-].NCC(=O)[O-].NCC(=O)[O-].O=C(O)O.O=C(O)O.O=C(O)O.O=C(O)O.O=C(O)O.O=C(O)O.O=C(O)O.O=C(O)O.O=C(O)O.O=C(O)O.O=C(O)O.O=C(O)O.[Na+].[Na+].[Na+].[Na+]. The molecule has 0 aromatic heterocycles. The molecule has 0 bridgehead atoms. The first kappa shape index (κ1) is 160. The number of carboxylic acids is 8. The molecule has 0 amide bonds. The van der Waals surface area contributed by atoms with E-state index in [1.54, 1.807) is 0 Å². The van der Waals surface area contributed by atoms with Crippen molar-refractivity contribution in [3.05, 3.63) is 0 Å². The Bertz CT molecular complexity index is 1380. The van der Waals surface area contributed by atoms with Crippen LogP contribution >= 0.6 is 0 Å². The van der Waals surface area contributed by atoms with E-state index >= 15 is 0 Å². The number of aliphatic carboxylic acids is 8. The Labute approximate surface area is 593 Å². The second-order valence-electron chi connectivity index (χ2n) is 8.09. The minimum atomic E-state index is -1.83. The molecule has 0 aliphatic rings. The number of carboxylic acid groups (broad SMARTS) is 32. The Hall–Kier alpha value is -9.32. The molecule has 0 unspecified atom stereocenters. The van der Waals surface area contributed by atoms with E-state index in [4.69, 9.17) is 240 Å². The topological polar surface area (TPSA) is 1210 Å². The smallest absolute Gasteiger partial charge is 0.549 e. The van der Waals surface area contributed by atoms with Gasteiger partial charge in [-0.3, -0.25) is 19.2 Å². The van der Waals surface area contributed by atoms with Crippen molar-refractivity contribution in [2.75, 3.05) is 52.4 Å². The molecule has 0 spiro atoms. The Balaban J connectivity index is -0.0000000240. The molecule has 0 aromatic carbocycles. The summed E-state index contributed by atoms with van der Waals surface area (Å²) in [5.41, 5.74) is 36.3. The molecule has 0 aliphatic carbocycles. The number of hydrogen-bond donors (Lipinski definition) is 36. The average Bonchev–Trinajstić information content (AvgIpc) is 3.28. The summed E-state index contributed by atoms with van der Waals surface area (Å²) < 4.78 is 0. The van der Waals surface area contributed by atoms with Crippen LogP contribution < -0.4 is 185 Å². The third kappa shape index (κ3) is 11500. The van der Waals surface area contributed by atoms with E-state index in [-0.39, 0.29) is 171 Å². The van der Waals surface area contributed by atoms with Gasteiger partial charge in [-0.1, -0.05) is 0 Å². The monoisotopic (exact) mass is 1430 g/mol. The molecule has 0 rings (SSSR count). The summed E-state index contributed by atoms with van der Waals surface area (Å²) in [7, 11) is 0. The van der Waals surface area contributed by atoms with E-state index in [0.29, 0.717) is 0 Å². The van der Waals surface area contributed by atoms with E-state index < -0.39 is 122 Å².